The SMILES string of the molecule is Nc1[nH]c(=O)ncc1C#CCNS(=O)(=O)C1CC1. The number of rotatable bonds is 3. The van der Waals surface area contributed by atoms with E-state index < -0.39 is 15.7 Å². The summed E-state index contributed by atoms with van der Waals surface area (Å²) in [4.78, 5) is 16.6. The molecular formula is C10H12N4O3S. The van der Waals surface area contributed by atoms with Crippen LogP contribution >= 0.6 is 0 Å². The van der Waals surface area contributed by atoms with Crippen LogP contribution in [0.3, 0.4) is 0 Å². The van der Waals surface area contributed by atoms with Gasteiger partial charge in [0.2, 0.25) is 10.0 Å². The summed E-state index contributed by atoms with van der Waals surface area (Å²) in [5.74, 6) is 5.37. The highest BCUT2D eigenvalue weighted by Crippen LogP contribution is 2.27. The second kappa shape index (κ2) is 4.80. The lowest BCUT2D eigenvalue weighted by molar-refractivity contribution is 0.584. The number of H-pyrrole nitrogens is 1. The van der Waals surface area contributed by atoms with Gasteiger partial charge in [0, 0.05) is 0 Å². The highest BCUT2D eigenvalue weighted by atomic mass is 32.2. The van der Waals surface area contributed by atoms with E-state index in [-0.39, 0.29) is 17.6 Å². The van der Waals surface area contributed by atoms with E-state index in [0.29, 0.717) is 18.4 Å². The average Bonchev–Trinajstić information content (AvgIpc) is 3.10. The molecule has 96 valence electrons. The number of hydrogen-bond acceptors (Lipinski definition) is 5. The van der Waals surface area contributed by atoms with Crippen molar-refractivity contribution in [1.29, 1.82) is 0 Å². The summed E-state index contributed by atoms with van der Waals surface area (Å²) in [6, 6.07) is 0. The first-order chi connectivity index (χ1) is 8.49. The molecule has 0 bridgehead atoms. The van der Waals surface area contributed by atoms with Crippen LogP contribution in [-0.2, 0) is 10.0 Å². The predicted molar refractivity (Wildman–Crippen MR) is 66.1 cm³/mol. The fourth-order valence-electron chi connectivity index (χ4n) is 1.28. The Bertz CT molecular complexity index is 664. The summed E-state index contributed by atoms with van der Waals surface area (Å²) >= 11 is 0. The van der Waals surface area contributed by atoms with Gasteiger partial charge in [-0.1, -0.05) is 11.8 Å². The Morgan fingerprint density at radius 3 is 2.89 bits per heavy atom. The van der Waals surface area contributed by atoms with E-state index in [1.807, 2.05) is 0 Å². The number of nitrogens with zero attached hydrogens (tertiary/aromatic N) is 1. The molecule has 1 aromatic heterocycles. The lowest BCUT2D eigenvalue weighted by atomic mass is 10.3. The molecule has 0 spiro atoms. The van der Waals surface area contributed by atoms with E-state index in [1.54, 1.807) is 0 Å². The number of anilines is 1. The summed E-state index contributed by atoms with van der Waals surface area (Å²) < 4.78 is 25.3. The van der Waals surface area contributed by atoms with E-state index in [9.17, 15) is 13.2 Å². The maximum absolute atomic E-state index is 11.5. The van der Waals surface area contributed by atoms with Gasteiger partial charge in [0.25, 0.3) is 0 Å². The van der Waals surface area contributed by atoms with Gasteiger partial charge in [0.05, 0.1) is 23.6 Å². The quantitative estimate of drug-likeness (QED) is 0.594. The lowest BCUT2D eigenvalue weighted by Crippen LogP contribution is -2.27. The van der Waals surface area contributed by atoms with Crippen LogP contribution in [-0.4, -0.2) is 30.2 Å². The van der Waals surface area contributed by atoms with Crippen LogP contribution in [0.5, 0.6) is 0 Å². The molecule has 1 aliphatic carbocycles. The minimum absolute atomic E-state index is 0.0113. The molecule has 0 aromatic carbocycles. The van der Waals surface area contributed by atoms with Gasteiger partial charge in [0.15, 0.2) is 0 Å². The molecule has 1 heterocycles. The van der Waals surface area contributed by atoms with Crippen molar-refractivity contribution >= 4 is 15.8 Å². The number of sulfonamides is 1. The van der Waals surface area contributed by atoms with Crippen molar-refractivity contribution in [2.24, 2.45) is 0 Å². The number of hydrogen-bond donors (Lipinski definition) is 3. The lowest BCUT2D eigenvalue weighted by Gasteiger charge is -1.99. The molecule has 2 rings (SSSR count). The first kappa shape index (κ1) is 12.6. The third kappa shape index (κ3) is 3.09. The molecular weight excluding hydrogens is 256 g/mol. The molecule has 0 aliphatic heterocycles. The van der Waals surface area contributed by atoms with Gasteiger partial charge >= 0.3 is 5.69 Å². The predicted octanol–water partition coefficient (Wildman–Crippen LogP) is -1.21. The molecule has 1 aromatic rings. The molecule has 1 aliphatic rings. The van der Waals surface area contributed by atoms with Crippen molar-refractivity contribution in [3.63, 3.8) is 0 Å². The van der Waals surface area contributed by atoms with E-state index in [2.05, 4.69) is 26.5 Å². The molecule has 7 nitrogen and oxygen atoms in total. The molecule has 0 amide bonds. The molecule has 1 fully saturated rings. The third-order valence-electron chi connectivity index (χ3n) is 2.39. The normalized spacial score (nSPS) is 14.9. The summed E-state index contributed by atoms with van der Waals surface area (Å²) in [7, 11) is -3.22. The van der Waals surface area contributed by atoms with E-state index >= 15 is 0 Å². The van der Waals surface area contributed by atoms with Gasteiger partial charge in [-0.05, 0) is 12.8 Å². The van der Waals surface area contributed by atoms with E-state index in [0.717, 1.165) is 0 Å². The Labute approximate surface area is 104 Å². The van der Waals surface area contributed by atoms with Crippen molar-refractivity contribution in [3.8, 4) is 11.8 Å². The fraction of sp³-hybridized carbons (Fsp3) is 0.400. The van der Waals surface area contributed by atoms with Crippen LogP contribution in [0, 0.1) is 11.8 Å². The summed E-state index contributed by atoms with van der Waals surface area (Å²) in [6.07, 6.45) is 2.66. The largest absolute Gasteiger partial charge is 0.384 e. The number of nitrogens with two attached hydrogens (primary N) is 1. The zero-order valence-electron chi connectivity index (χ0n) is 9.43. The summed E-state index contributed by atoms with van der Waals surface area (Å²) in [5.41, 5.74) is 5.32. The summed E-state index contributed by atoms with van der Waals surface area (Å²) in [5, 5.41) is -0.265. The van der Waals surface area contributed by atoms with Crippen molar-refractivity contribution < 1.29 is 8.42 Å². The Morgan fingerprint density at radius 2 is 2.28 bits per heavy atom. The van der Waals surface area contributed by atoms with Gasteiger partial charge in [-0.25, -0.2) is 22.9 Å². The number of nitrogen functional groups attached to an aromatic ring is 1. The van der Waals surface area contributed by atoms with Crippen LogP contribution in [0.1, 0.15) is 18.4 Å². The molecule has 18 heavy (non-hydrogen) atoms. The van der Waals surface area contributed by atoms with Crippen LogP contribution in [0.25, 0.3) is 0 Å². The highest BCUT2D eigenvalue weighted by Gasteiger charge is 2.34. The topological polar surface area (TPSA) is 118 Å². The average molecular weight is 268 g/mol. The molecule has 0 saturated heterocycles. The van der Waals surface area contributed by atoms with Gasteiger partial charge in [-0.3, -0.25) is 4.98 Å². The Morgan fingerprint density at radius 1 is 1.56 bits per heavy atom. The van der Waals surface area contributed by atoms with Gasteiger partial charge < -0.3 is 5.73 Å². The van der Waals surface area contributed by atoms with Crippen molar-refractivity contribution in [3.05, 3.63) is 22.2 Å². The van der Waals surface area contributed by atoms with E-state index in [1.165, 1.54) is 6.20 Å². The van der Waals surface area contributed by atoms with Crippen LogP contribution < -0.4 is 16.1 Å². The Balaban J connectivity index is 1.98. The molecule has 0 atom stereocenters. The Hall–Kier alpha value is -1.85. The Kier molecular flexibility index (Phi) is 3.36. The molecule has 8 heteroatoms. The van der Waals surface area contributed by atoms with Crippen molar-refractivity contribution in [2.75, 3.05) is 12.3 Å². The molecule has 1 saturated carbocycles. The molecule has 0 unspecified atom stereocenters. The minimum Gasteiger partial charge on any atom is -0.384 e. The maximum Gasteiger partial charge on any atom is 0.346 e. The molecule has 0 radical (unpaired) electrons. The highest BCUT2D eigenvalue weighted by molar-refractivity contribution is 7.90. The second-order valence-corrected chi connectivity index (χ2v) is 5.93. The number of aromatic nitrogens is 2. The van der Waals surface area contributed by atoms with E-state index in [4.69, 9.17) is 5.73 Å². The second-order valence-electron chi connectivity index (χ2n) is 3.88. The van der Waals surface area contributed by atoms with Crippen LogP contribution in [0.15, 0.2) is 11.0 Å². The summed E-state index contributed by atoms with van der Waals surface area (Å²) in [6.45, 7) is 0.0113. The van der Waals surface area contributed by atoms with Crippen LogP contribution in [0.4, 0.5) is 5.82 Å². The van der Waals surface area contributed by atoms with Gasteiger partial charge in [0.1, 0.15) is 5.82 Å². The maximum atomic E-state index is 11.5. The molecule has 4 N–H and O–H groups in total. The first-order valence-electron chi connectivity index (χ1n) is 5.31. The van der Waals surface area contributed by atoms with Crippen molar-refractivity contribution in [1.82, 2.24) is 14.7 Å². The monoisotopic (exact) mass is 268 g/mol. The standard InChI is InChI=1S/C10H12N4O3S/c11-9-7(6-12-10(15)14-9)2-1-5-13-18(16,17)8-3-4-8/h6,8,13H,3-5H2,(H3,11,12,14,15). The van der Waals surface area contributed by atoms with Crippen LogP contribution in [0.2, 0.25) is 0 Å². The smallest absolute Gasteiger partial charge is 0.346 e. The number of nitrogens with one attached hydrogen (secondary N) is 2. The first-order valence-corrected chi connectivity index (χ1v) is 6.86. The number of aromatic amines is 1. The van der Waals surface area contributed by atoms with Crippen molar-refractivity contribution in [2.45, 2.75) is 18.1 Å². The zero-order valence-corrected chi connectivity index (χ0v) is 10.3. The minimum atomic E-state index is -3.22. The van der Waals surface area contributed by atoms with Gasteiger partial charge in [-0.15, -0.1) is 0 Å². The fourth-order valence-corrected chi connectivity index (χ4v) is 2.55. The van der Waals surface area contributed by atoms with Gasteiger partial charge in [-0.2, -0.15) is 0 Å². The zero-order chi connectivity index (χ0) is 13.2. The third-order valence-corrected chi connectivity index (χ3v) is 4.29.